The summed E-state index contributed by atoms with van der Waals surface area (Å²) >= 11 is 0. The average molecular weight is 1070 g/mol. The van der Waals surface area contributed by atoms with Gasteiger partial charge in [0.1, 0.15) is 22.6 Å². The number of anilines is 3. The molecule has 0 saturated carbocycles. The third-order valence-electron chi connectivity index (χ3n) is 11.8. The van der Waals surface area contributed by atoms with Crippen molar-refractivity contribution in [2.24, 2.45) is 0 Å². The van der Waals surface area contributed by atoms with Gasteiger partial charge in [0.25, 0.3) is 11.8 Å². The van der Waals surface area contributed by atoms with Crippen LogP contribution < -0.4 is 16.4 Å². The van der Waals surface area contributed by atoms with Crippen LogP contribution >= 0.6 is 0 Å². The second-order valence-electron chi connectivity index (χ2n) is 22.2. The van der Waals surface area contributed by atoms with E-state index >= 15 is 0 Å². The van der Waals surface area contributed by atoms with Crippen LogP contribution in [0.3, 0.4) is 0 Å². The lowest BCUT2D eigenvalue weighted by Gasteiger charge is -2.21. The fourth-order valence-corrected chi connectivity index (χ4v) is 8.02. The smallest absolute Gasteiger partial charge is 0.340 e. The highest BCUT2D eigenvalue weighted by Crippen LogP contribution is 2.32. The van der Waals surface area contributed by atoms with Crippen molar-refractivity contribution in [3.05, 3.63) is 226 Å². The van der Waals surface area contributed by atoms with Gasteiger partial charge in [0.05, 0.1) is 33.6 Å². The van der Waals surface area contributed by atoms with E-state index in [1.807, 2.05) is 196 Å². The highest BCUT2D eigenvalue weighted by Gasteiger charge is 2.25. The van der Waals surface area contributed by atoms with Crippen molar-refractivity contribution in [2.75, 3.05) is 16.4 Å². The maximum Gasteiger partial charge on any atom is 0.340 e. The summed E-state index contributed by atoms with van der Waals surface area (Å²) < 4.78 is 16.4. The van der Waals surface area contributed by atoms with E-state index < -0.39 is 40.6 Å². The van der Waals surface area contributed by atoms with E-state index in [0.29, 0.717) is 33.8 Å². The van der Waals surface area contributed by atoms with Gasteiger partial charge in [0.2, 0.25) is 0 Å². The monoisotopic (exact) mass is 1070 g/mol. The number of hydrogen-bond donors (Lipinski definition) is 4. The van der Waals surface area contributed by atoms with E-state index in [4.69, 9.17) is 19.9 Å². The van der Waals surface area contributed by atoms with Gasteiger partial charge in [-0.25, -0.2) is 14.4 Å². The normalized spacial score (nSPS) is 11.1. The molecule has 0 radical (unpaired) electrons. The standard InChI is InChI=1S/C26H27NO3.C25H25NO4.C17H19NO2/c1-17-11-12-18(2)22(15-17)24(28)27-23-16-20(19-9-7-6-8-10-19)13-14-21(23)25(29)30-26(3,4)5;1-16-10-13-22(27)20(14-16)23(28)26-21-15-18(17-8-6-5-7-9-17)11-12-19(21)24(29)30-25(2,3)4;1-17(2,3)20-16(19)14-10-9-13(11-15(14)18)12-7-5-4-6-8-12/h6-16H,1-5H3,(H,27,28);5-15,27H,1-4H3,(H,26,28);4-11H,18H2,1-3H3. The summed E-state index contributed by atoms with van der Waals surface area (Å²) in [6.45, 7) is 22.0. The first kappa shape index (κ1) is 59.9. The Labute approximate surface area is 470 Å². The maximum atomic E-state index is 13.0. The van der Waals surface area contributed by atoms with Gasteiger partial charge in [0.15, 0.2) is 0 Å². The van der Waals surface area contributed by atoms with Crippen molar-refractivity contribution >= 4 is 46.8 Å². The van der Waals surface area contributed by atoms with E-state index in [9.17, 15) is 29.1 Å². The topological polar surface area (TPSA) is 183 Å². The number of ether oxygens (including phenoxy) is 3. The Balaban J connectivity index is 0.000000198. The maximum absolute atomic E-state index is 13.0. The molecule has 0 saturated heterocycles. The Morgan fingerprint density at radius 3 is 1.10 bits per heavy atom. The number of nitrogens with two attached hydrogens (primary N) is 1. The summed E-state index contributed by atoms with van der Waals surface area (Å²) in [5.41, 5.74) is 15.4. The molecule has 0 spiro atoms. The van der Waals surface area contributed by atoms with Gasteiger partial charge in [-0.1, -0.05) is 139 Å². The van der Waals surface area contributed by atoms with E-state index in [0.717, 1.165) is 50.1 Å². The number of hydrogen-bond acceptors (Lipinski definition) is 10. The lowest BCUT2D eigenvalue weighted by Crippen LogP contribution is -2.25. The van der Waals surface area contributed by atoms with Gasteiger partial charge in [0, 0.05) is 11.3 Å². The second-order valence-corrected chi connectivity index (χ2v) is 22.2. The molecule has 0 aromatic heterocycles. The van der Waals surface area contributed by atoms with Crippen molar-refractivity contribution in [1.29, 1.82) is 0 Å². The number of esters is 3. The molecule has 12 nitrogen and oxygen atoms in total. The lowest BCUT2D eigenvalue weighted by atomic mass is 10.0. The third kappa shape index (κ3) is 17.4. The van der Waals surface area contributed by atoms with Crippen LogP contribution in [0.4, 0.5) is 17.1 Å². The van der Waals surface area contributed by atoms with Crippen LogP contribution in [0.2, 0.25) is 0 Å². The summed E-state index contributed by atoms with van der Waals surface area (Å²) in [6.07, 6.45) is 0. The molecule has 8 aromatic carbocycles. The van der Waals surface area contributed by atoms with Crippen LogP contribution in [0.25, 0.3) is 33.4 Å². The zero-order valence-corrected chi connectivity index (χ0v) is 47.6. The molecular formula is C68H71N3O9. The van der Waals surface area contributed by atoms with Crippen molar-refractivity contribution < 1.29 is 43.3 Å². The van der Waals surface area contributed by atoms with E-state index in [-0.39, 0.29) is 22.8 Å². The van der Waals surface area contributed by atoms with Gasteiger partial charge >= 0.3 is 17.9 Å². The molecule has 0 aliphatic heterocycles. The molecular weight excluding hydrogens is 1000 g/mol. The van der Waals surface area contributed by atoms with Crippen molar-refractivity contribution in [3.63, 3.8) is 0 Å². The van der Waals surface area contributed by atoms with Crippen LogP contribution in [0.5, 0.6) is 5.75 Å². The molecule has 0 bridgehead atoms. The molecule has 0 aliphatic rings. The van der Waals surface area contributed by atoms with Crippen LogP contribution in [0, 0.1) is 20.8 Å². The fourth-order valence-electron chi connectivity index (χ4n) is 8.02. The number of aromatic hydroxyl groups is 1. The molecule has 412 valence electrons. The average Bonchev–Trinajstić information content (AvgIpc) is 3.45. The molecule has 0 fully saturated rings. The number of benzene rings is 8. The zero-order chi connectivity index (χ0) is 58.5. The minimum absolute atomic E-state index is 0.129. The van der Waals surface area contributed by atoms with Crippen LogP contribution in [-0.2, 0) is 14.2 Å². The number of carbonyl (C=O) groups is 5. The summed E-state index contributed by atoms with van der Waals surface area (Å²) in [7, 11) is 0. The first-order valence-corrected chi connectivity index (χ1v) is 26.2. The third-order valence-corrected chi connectivity index (χ3v) is 11.8. The number of phenols is 1. The summed E-state index contributed by atoms with van der Waals surface area (Å²) in [5.74, 6) is -2.30. The van der Waals surface area contributed by atoms with E-state index in [1.165, 1.54) is 6.07 Å². The van der Waals surface area contributed by atoms with Gasteiger partial charge in [-0.2, -0.15) is 0 Å². The fraction of sp³-hybridized carbons (Fsp3) is 0.221. The van der Waals surface area contributed by atoms with Crippen LogP contribution in [0.1, 0.15) is 131 Å². The first-order valence-electron chi connectivity index (χ1n) is 26.2. The molecule has 12 heteroatoms. The predicted molar refractivity (Wildman–Crippen MR) is 320 cm³/mol. The molecule has 8 rings (SSSR count). The summed E-state index contributed by atoms with van der Waals surface area (Å²) in [5, 5.41) is 15.8. The van der Waals surface area contributed by atoms with Crippen molar-refractivity contribution in [3.8, 4) is 39.1 Å². The number of nitrogen functional groups attached to an aromatic ring is 1. The summed E-state index contributed by atoms with van der Waals surface area (Å²) in [4.78, 5) is 63.5. The molecule has 8 aromatic rings. The molecule has 80 heavy (non-hydrogen) atoms. The molecule has 0 atom stereocenters. The number of nitrogens with one attached hydrogen (secondary N) is 2. The number of amides is 2. The number of aryl methyl sites for hydroxylation is 3. The molecule has 0 heterocycles. The number of phenolic OH excluding ortho intramolecular Hbond substituents is 1. The van der Waals surface area contributed by atoms with Crippen molar-refractivity contribution in [2.45, 2.75) is 99.9 Å². The quantitative estimate of drug-likeness (QED) is 0.0584. The predicted octanol–water partition coefficient (Wildman–Crippen LogP) is 15.6. The first-order chi connectivity index (χ1) is 37.6. The lowest BCUT2D eigenvalue weighted by molar-refractivity contribution is 0.00580. The van der Waals surface area contributed by atoms with E-state index in [2.05, 4.69) is 10.6 Å². The Morgan fingerprint density at radius 2 is 0.713 bits per heavy atom. The Hall–Kier alpha value is -9.29. The van der Waals surface area contributed by atoms with Crippen LogP contribution in [-0.4, -0.2) is 51.6 Å². The number of carbonyl (C=O) groups excluding carboxylic acids is 5. The Morgan fingerprint density at radius 1 is 0.375 bits per heavy atom. The minimum atomic E-state index is -0.675. The highest BCUT2D eigenvalue weighted by atomic mass is 16.6. The van der Waals surface area contributed by atoms with Gasteiger partial charge in [-0.3, -0.25) is 9.59 Å². The summed E-state index contributed by atoms with van der Waals surface area (Å²) in [6, 6.07) is 55.8. The zero-order valence-electron chi connectivity index (χ0n) is 47.6. The molecule has 0 aliphatic carbocycles. The van der Waals surface area contributed by atoms with Crippen LogP contribution in [0.15, 0.2) is 182 Å². The van der Waals surface area contributed by atoms with Crippen molar-refractivity contribution in [1.82, 2.24) is 0 Å². The minimum Gasteiger partial charge on any atom is -0.507 e. The van der Waals surface area contributed by atoms with Gasteiger partial charge in [-0.15, -0.1) is 0 Å². The number of rotatable bonds is 10. The Kier molecular flexibility index (Phi) is 19.4. The Bertz CT molecular complexity index is 3320. The highest BCUT2D eigenvalue weighted by molar-refractivity contribution is 6.11. The molecule has 2 amide bonds. The molecule has 0 unspecified atom stereocenters. The largest absolute Gasteiger partial charge is 0.507 e. The SMILES string of the molecule is CC(C)(C)OC(=O)c1ccc(-c2ccccc2)cc1N.Cc1ccc(C)c(C(=O)Nc2cc(-c3ccccc3)ccc2C(=O)OC(C)(C)C)c1.Cc1ccc(O)c(C(=O)Nc2cc(-c3ccccc3)ccc2C(=O)OC(C)(C)C)c1. The van der Waals surface area contributed by atoms with E-state index in [1.54, 1.807) is 63.2 Å². The van der Waals surface area contributed by atoms with Gasteiger partial charge < -0.3 is 35.7 Å². The molecule has 5 N–H and O–H groups in total. The van der Waals surface area contributed by atoms with Gasteiger partial charge in [-0.05, 0) is 177 Å². The second kappa shape index (κ2) is 25.9.